The quantitative estimate of drug-likeness (QED) is 0.707. The highest BCUT2D eigenvalue weighted by molar-refractivity contribution is 5.89. The van der Waals surface area contributed by atoms with Crippen LogP contribution in [-0.4, -0.2) is 23.1 Å². The number of methoxy groups -OCH3 is 1. The van der Waals surface area contributed by atoms with Gasteiger partial charge in [0.15, 0.2) is 0 Å². The number of aryl methyl sites for hydroxylation is 1. The van der Waals surface area contributed by atoms with Crippen LogP contribution < -0.4 is 10.1 Å². The van der Waals surface area contributed by atoms with Crippen molar-refractivity contribution in [2.24, 2.45) is 5.92 Å². The molecule has 0 fully saturated rings. The van der Waals surface area contributed by atoms with Crippen LogP contribution in [0.1, 0.15) is 26.3 Å². The average Bonchev–Trinajstić information content (AvgIpc) is 2.61. The predicted octanol–water partition coefficient (Wildman–Crippen LogP) is 5.07. The van der Waals surface area contributed by atoms with Crippen LogP contribution in [0, 0.1) is 12.8 Å². The van der Waals surface area contributed by atoms with Crippen LogP contribution in [0.25, 0.3) is 22.0 Å². The number of benzene rings is 2. The number of aromatic nitrogens is 2. The number of ether oxygens (including phenoxy) is 1. The van der Waals surface area contributed by atoms with E-state index in [0.29, 0.717) is 17.9 Å². The first-order valence-corrected chi connectivity index (χ1v) is 8.67. The molecule has 0 spiro atoms. The predicted molar refractivity (Wildman–Crippen MR) is 104 cm³/mol. The maximum absolute atomic E-state index is 5.64. The van der Waals surface area contributed by atoms with E-state index >= 15 is 0 Å². The monoisotopic (exact) mass is 335 g/mol. The first kappa shape index (κ1) is 17.2. The summed E-state index contributed by atoms with van der Waals surface area (Å²) >= 11 is 0. The van der Waals surface area contributed by atoms with Gasteiger partial charge in [0.1, 0.15) is 5.75 Å². The topological polar surface area (TPSA) is 47.0 Å². The molecule has 3 aromatic rings. The Morgan fingerprint density at radius 2 is 1.80 bits per heavy atom. The van der Waals surface area contributed by atoms with Crippen molar-refractivity contribution < 1.29 is 4.74 Å². The molecule has 2 aromatic carbocycles. The normalized spacial score (nSPS) is 12.4. The molecule has 1 heterocycles. The fourth-order valence-electron chi connectivity index (χ4n) is 2.75. The van der Waals surface area contributed by atoms with Crippen LogP contribution in [0.4, 0.5) is 5.95 Å². The highest BCUT2D eigenvalue weighted by Gasteiger charge is 2.13. The van der Waals surface area contributed by atoms with Crippen LogP contribution in [0.15, 0.2) is 42.6 Å². The third-order valence-electron chi connectivity index (χ3n) is 4.69. The third-order valence-corrected chi connectivity index (χ3v) is 4.69. The molecule has 0 aliphatic heterocycles. The standard InChI is InChI=1S/C21H25N3O/c1-13(2)15(4)23-21-22-12-16-10-18(17-9-7-6-8-14(17)3)20(25-5)11-19(16)24-21/h6-13,15H,1-5H3,(H,22,23,24). The molecule has 130 valence electrons. The molecule has 3 rings (SSSR count). The number of hydrogen-bond donors (Lipinski definition) is 1. The highest BCUT2D eigenvalue weighted by Crippen LogP contribution is 2.35. The van der Waals surface area contributed by atoms with E-state index in [-0.39, 0.29) is 0 Å². The summed E-state index contributed by atoms with van der Waals surface area (Å²) in [5.74, 6) is 1.99. The third kappa shape index (κ3) is 3.58. The lowest BCUT2D eigenvalue weighted by atomic mass is 9.98. The molecule has 0 radical (unpaired) electrons. The Morgan fingerprint density at radius 1 is 1.04 bits per heavy atom. The fraction of sp³-hybridized carbons (Fsp3) is 0.333. The molecule has 0 saturated heterocycles. The molecule has 0 aliphatic carbocycles. The molecule has 1 atom stereocenters. The lowest BCUT2D eigenvalue weighted by Gasteiger charge is -2.18. The Bertz CT molecular complexity index is 889. The Balaban J connectivity index is 2.06. The van der Waals surface area contributed by atoms with Crippen LogP contribution >= 0.6 is 0 Å². The summed E-state index contributed by atoms with van der Waals surface area (Å²) < 4.78 is 5.64. The first-order valence-electron chi connectivity index (χ1n) is 8.67. The number of nitrogens with one attached hydrogen (secondary N) is 1. The van der Waals surface area contributed by atoms with E-state index in [1.807, 2.05) is 24.4 Å². The summed E-state index contributed by atoms with van der Waals surface area (Å²) in [4.78, 5) is 9.14. The molecule has 4 nitrogen and oxygen atoms in total. The average molecular weight is 335 g/mol. The second-order valence-corrected chi connectivity index (χ2v) is 6.80. The van der Waals surface area contributed by atoms with Gasteiger partial charge in [-0.2, -0.15) is 0 Å². The second-order valence-electron chi connectivity index (χ2n) is 6.80. The molecule has 0 bridgehead atoms. The van der Waals surface area contributed by atoms with Crippen LogP contribution in [-0.2, 0) is 0 Å². The van der Waals surface area contributed by atoms with Gasteiger partial charge < -0.3 is 10.1 Å². The van der Waals surface area contributed by atoms with E-state index < -0.39 is 0 Å². The van der Waals surface area contributed by atoms with Gasteiger partial charge in [-0.05, 0) is 37.0 Å². The molecule has 0 amide bonds. The van der Waals surface area contributed by atoms with E-state index in [0.717, 1.165) is 27.8 Å². The molecular weight excluding hydrogens is 310 g/mol. The number of hydrogen-bond acceptors (Lipinski definition) is 4. The van der Waals surface area contributed by atoms with Crippen molar-refractivity contribution in [2.75, 3.05) is 12.4 Å². The van der Waals surface area contributed by atoms with Crippen molar-refractivity contribution >= 4 is 16.9 Å². The van der Waals surface area contributed by atoms with Gasteiger partial charge in [-0.15, -0.1) is 0 Å². The number of fused-ring (bicyclic) bond motifs is 1. The summed E-state index contributed by atoms with van der Waals surface area (Å²) in [6.07, 6.45) is 1.87. The summed E-state index contributed by atoms with van der Waals surface area (Å²) in [5.41, 5.74) is 4.32. The number of rotatable bonds is 5. The van der Waals surface area contributed by atoms with Gasteiger partial charge in [0.05, 0.1) is 12.6 Å². The number of anilines is 1. The lowest BCUT2D eigenvalue weighted by molar-refractivity contribution is 0.417. The van der Waals surface area contributed by atoms with Gasteiger partial charge in [0, 0.05) is 29.3 Å². The van der Waals surface area contributed by atoms with Gasteiger partial charge in [0.25, 0.3) is 0 Å². The second kappa shape index (κ2) is 7.09. The van der Waals surface area contributed by atoms with Crippen molar-refractivity contribution in [3.63, 3.8) is 0 Å². The maximum Gasteiger partial charge on any atom is 0.223 e. The summed E-state index contributed by atoms with van der Waals surface area (Å²) in [6, 6.07) is 12.7. The molecule has 25 heavy (non-hydrogen) atoms. The van der Waals surface area contributed by atoms with Crippen LogP contribution in [0.5, 0.6) is 5.75 Å². The summed E-state index contributed by atoms with van der Waals surface area (Å²) in [5, 5.41) is 4.36. The molecule has 1 aromatic heterocycles. The van der Waals surface area contributed by atoms with Gasteiger partial charge in [-0.25, -0.2) is 9.97 Å². The molecular formula is C21H25N3O. The zero-order chi connectivity index (χ0) is 18.0. The molecule has 0 saturated carbocycles. The van der Waals surface area contributed by atoms with Crippen molar-refractivity contribution in [2.45, 2.75) is 33.7 Å². The largest absolute Gasteiger partial charge is 0.496 e. The van der Waals surface area contributed by atoms with E-state index in [9.17, 15) is 0 Å². The van der Waals surface area contributed by atoms with E-state index in [1.165, 1.54) is 5.56 Å². The van der Waals surface area contributed by atoms with Gasteiger partial charge >= 0.3 is 0 Å². The summed E-state index contributed by atoms with van der Waals surface area (Å²) in [7, 11) is 1.70. The van der Waals surface area contributed by atoms with Crippen molar-refractivity contribution in [1.82, 2.24) is 9.97 Å². The first-order chi connectivity index (χ1) is 12.0. The van der Waals surface area contributed by atoms with Crippen molar-refractivity contribution in [1.29, 1.82) is 0 Å². The van der Waals surface area contributed by atoms with E-state index in [1.54, 1.807) is 7.11 Å². The highest BCUT2D eigenvalue weighted by atomic mass is 16.5. The smallest absolute Gasteiger partial charge is 0.223 e. The van der Waals surface area contributed by atoms with E-state index in [4.69, 9.17) is 4.74 Å². The Hall–Kier alpha value is -2.62. The van der Waals surface area contributed by atoms with Gasteiger partial charge in [-0.1, -0.05) is 38.1 Å². The van der Waals surface area contributed by atoms with Crippen LogP contribution in [0.2, 0.25) is 0 Å². The molecule has 1 unspecified atom stereocenters. The molecule has 0 aliphatic rings. The minimum Gasteiger partial charge on any atom is -0.496 e. The maximum atomic E-state index is 5.64. The SMILES string of the molecule is COc1cc2nc(NC(C)C(C)C)ncc2cc1-c1ccccc1C. The number of nitrogens with zero attached hydrogens (tertiary/aromatic N) is 2. The zero-order valence-corrected chi connectivity index (χ0v) is 15.5. The van der Waals surface area contributed by atoms with Gasteiger partial charge in [0.2, 0.25) is 5.95 Å². The van der Waals surface area contributed by atoms with Crippen molar-refractivity contribution in [3.05, 3.63) is 48.2 Å². The minimum atomic E-state index is 0.311. The lowest BCUT2D eigenvalue weighted by Crippen LogP contribution is -2.22. The zero-order valence-electron chi connectivity index (χ0n) is 15.5. The molecule has 1 N–H and O–H groups in total. The fourth-order valence-corrected chi connectivity index (χ4v) is 2.75. The van der Waals surface area contributed by atoms with Crippen molar-refractivity contribution in [3.8, 4) is 16.9 Å². The Kier molecular flexibility index (Phi) is 4.88. The minimum absolute atomic E-state index is 0.311. The van der Waals surface area contributed by atoms with E-state index in [2.05, 4.69) is 61.2 Å². The summed E-state index contributed by atoms with van der Waals surface area (Å²) in [6.45, 7) is 8.60. The van der Waals surface area contributed by atoms with Crippen LogP contribution in [0.3, 0.4) is 0 Å². The Labute approximate surface area is 149 Å². The molecule has 4 heteroatoms. The Morgan fingerprint density at radius 3 is 2.48 bits per heavy atom. The van der Waals surface area contributed by atoms with Gasteiger partial charge in [-0.3, -0.25) is 0 Å².